The fourth-order valence-corrected chi connectivity index (χ4v) is 4.03. The zero-order chi connectivity index (χ0) is 25.4. The highest BCUT2D eigenvalue weighted by Gasteiger charge is 2.30. The number of hydrogen-bond donors (Lipinski definition) is 2. The van der Waals surface area contributed by atoms with Crippen LogP contribution in [0.25, 0.3) is 11.3 Å². The summed E-state index contributed by atoms with van der Waals surface area (Å²) in [6, 6.07) is 22.1. The van der Waals surface area contributed by atoms with Crippen LogP contribution in [0.1, 0.15) is 29.0 Å². The number of carbonyl (C=O) groups excluding carboxylic acids is 2. The molecule has 0 radical (unpaired) electrons. The maximum atomic E-state index is 13.0. The molecule has 0 bridgehead atoms. The van der Waals surface area contributed by atoms with Gasteiger partial charge < -0.3 is 19.8 Å². The van der Waals surface area contributed by atoms with Gasteiger partial charge in [0.25, 0.3) is 5.91 Å². The second-order valence-corrected chi connectivity index (χ2v) is 9.02. The van der Waals surface area contributed by atoms with Gasteiger partial charge in [0.2, 0.25) is 5.91 Å². The molecular formula is C28H24N6O3. The number of imidazole rings is 1. The molecule has 1 aliphatic rings. The van der Waals surface area contributed by atoms with Gasteiger partial charge in [0.1, 0.15) is 22.8 Å². The van der Waals surface area contributed by atoms with Crippen LogP contribution in [-0.4, -0.2) is 31.0 Å². The Morgan fingerprint density at radius 3 is 2.43 bits per heavy atom. The average Bonchev–Trinajstić information content (AvgIpc) is 3.57. The van der Waals surface area contributed by atoms with Gasteiger partial charge >= 0.3 is 0 Å². The number of rotatable bonds is 7. The third kappa shape index (κ3) is 4.92. The molecule has 1 saturated carbocycles. The van der Waals surface area contributed by atoms with Crippen molar-refractivity contribution in [1.29, 1.82) is 0 Å². The molecule has 2 aromatic carbocycles. The number of nitrogens with one attached hydrogen (secondary N) is 2. The van der Waals surface area contributed by atoms with E-state index in [0.717, 1.165) is 24.2 Å². The van der Waals surface area contributed by atoms with Crippen LogP contribution in [0.3, 0.4) is 0 Å². The summed E-state index contributed by atoms with van der Waals surface area (Å²) in [7, 11) is 0. The molecule has 9 nitrogen and oxygen atoms in total. The third-order valence-electron chi connectivity index (χ3n) is 6.04. The predicted octanol–water partition coefficient (Wildman–Crippen LogP) is 5.22. The van der Waals surface area contributed by atoms with E-state index in [4.69, 9.17) is 4.74 Å². The minimum atomic E-state index is -0.256. The Morgan fingerprint density at radius 2 is 1.68 bits per heavy atom. The van der Waals surface area contributed by atoms with Crippen LogP contribution < -0.4 is 15.4 Å². The average molecular weight is 493 g/mol. The second kappa shape index (κ2) is 9.27. The van der Waals surface area contributed by atoms with Crippen molar-refractivity contribution < 1.29 is 14.3 Å². The third-order valence-corrected chi connectivity index (χ3v) is 6.04. The molecule has 0 saturated heterocycles. The molecule has 0 unspecified atom stereocenters. The summed E-state index contributed by atoms with van der Waals surface area (Å²) in [4.78, 5) is 29.4. The quantitative estimate of drug-likeness (QED) is 0.324. The number of hydrogen-bond acceptors (Lipinski definition) is 5. The van der Waals surface area contributed by atoms with E-state index in [1.54, 1.807) is 47.4 Å². The number of aryl methyl sites for hydroxylation is 1. The number of para-hydroxylation sites is 1. The van der Waals surface area contributed by atoms with Crippen molar-refractivity contribution in [2.24, 2.45) is 5.92 Å². The van der Waals surface area contributed by atoms with E-state index in [1.165, 1.54) is 0 Å². The maximum absolute atomic E-state index is 13.0. The predicted molar refractivity (Wildman–Crippen MR) is 139 cm³/mol. The first-order valence-corrected chi connectivity index (χ1v) is 12.0. The molecule has 3 heterocycles. The number of pyridine rings is 1. The Bertz CT molecular complexity index is 1600. The Balaban J connectivity index is 1.13. The number of fused-ring (bicyclic) bond motifs is 1. The van der Waals surface area contributed by atoms with E-state index in [-0.39, 0.29) is 17.7 Å². The summed E-state index contributed by atoms with van der Waals surface area (Å²) in [6.07, 6.45) is 5.45. The zero-order valence-corrected chi connectivity index (χ0v) is 20.1. The monoisotopic (exact) mass is 492 g/mol. The van der Waals surface area contributed by atoms with Crippen LogP contribution in [0.4, 0.5) is 11.5 Å². The Morgan fingerprint density at radius 1 is 0.919 bits per heavy atom. The Kier molecular flexibility index (Phi) is 5.65. The topological polar surface area (TPSA) is 103 Å². The molecule has 3 aromatic heterocycles. The molecule has 6 rings (SSSR count). The number of aromatic nitrogens is 4. The zero-order valence-electron chi connectivity index (χ0n) is 20.1. The van der Waals surface area contributed by atoms with Crippen LogP contribution >= 0.6 is 0 Å². The van der Waals surface area contributed by atoms with Gasteiger partial charge in [0.15, 0.2) is 5.82 Å². The van der Waals surface area contributed by atoms with Crippen molar-refractivity contribution in [3.8, 4) is 17.2 Å². The summed E-state index contributed by atoms with van der Waals surface area (Å²) < 4.78 is 9.43. The number of carbonyl (C=O) groups is 2. The largest absolute Gasteiger partial charge is 0.456 e. The van der Waals surface area contributed by atoms with Crippen LogP contribution in [0.2, 0.25) is 0 Å². The van der Waals surface area contributed by atoms with Gasteiger partial charge in [-0.05, 0) is 74.4 Å². The van der Waals surface area contributed by atoms with Crippen molar-refractivity contribution in [3.05, 3.63) is 96.6 Å². The molecule has 1 fully saturated rings. The highest BCUT2D eigenvalue weighted by Crippen LogP contribution is 2.30. The van der Waals surface area contributed by atoms with Crippen molar-refractivity contribution in [2.45, 2.75) is 19.8 Å². The molecule has 2 amide bonds. The number of nitrogens with zero attached hydrogens (tertiary/aromatic N) is 4. The molecule has 37 heavy (non-hydrogen) atoms. The van der Waals surface area contributed by atoms with Crippen LogP contribution in [0.15, 0.2) is 85.2 Å². The van der Waals surface area contributed by atoms with Gasteiger partial charge in [0, 0.05) is 11.6 Å². The summed E-state index contributed by atoms with van der Waals surface area (Å²) in [5, 5.41) is 10.2. The van der Waals surface area contributed by atoms with Gasteiger partial charge in [0.05, 0.1) is 23.8 Å². The first kappa shape index (κ1) is 22.5. The molecule has 0 spiro atoms. The minimum absolute atomic E-state index is 0.0201. The van der Waals surface area contributed by atoms with Gasteiger partial charge in [-0.3, -0.25) is 9.59 Å². The SMILES string of the molecule is Cc1cc(C(=O)Nc2ccc(Oc3ccc4nc(NC(=O)C5CC5)cn4c3)cc2)n(-c2ccccc2)n1. The molecule has 1 aliphatic carbocycles. The summed E-state index contributed by atoms with van der Waals surface area (Å²) >= 11 is 0. The van der Waals surface area contributed by atoms with Crippen LogP contribution in [0.5, 0.6) is 11.5 Å². The van der Waals surface area contributed by atoms with Gasteiger partial charge in [-0.1, -0.05) is 18.2 Å². The first-order chi connectivity index (χ1) is 18.0. The lowest BCUT2D eigenvalue weighted by molar-refractivity contribution is -0.117. The van der Waals surface area contributed by atoms with Crippen molar-refractivity contribution >= 4 is 29.0 Å². The highest BCUT2D eigenvalue weighted by atomic mass is 16.5. The number of amides is 2. The normalized spacial score (nSPS) is 12.9. The Labute approximate surface area is 212 Å². The number of ether oxygens (including phenoxy) is 1. The van der Waals surface area contributed by atoms with Crippen molar-refractivity contribution in [2.75, 3.05) is 10.6 Å². The molecule has 0 atom stereocenters. The van der Waals surface area contributed by atoms with E-state index in [9.17, 15) is 9.59 Å². The second-order valence-electron chi connectivity index (χ2n) is 9.02. The smallest absolute Gasteiger partial charge is 0.274 e. The van der Waals surface area contributed by atoms with E-state index >= 15 is 0 Å². The van der Waals surface area contributed by atoms with Gasteiger partial charge in [-0.2, -0.15) is 5.10 Å². The van der Waals surface area contributed by atoms with E-state index in [1.807, 2.05) is 53.8 Å². The molecular weight excluding hydrogens is 468 g/mol. The van der Waals surface area contributed by atoms with Crippen molar-refractivity contribution in [1.82, 2.24) is 19.2 Å². The van der Waals surface area contributed by atoms with Crippen molar-refractivity contribution in [3.63, 3.8) is 0 Å². The van der Waals surface area contributed by atoms with E-state index in [2.05, 4.69) is 20.7 Å². The maximum Gasteiger partial charge on any atom is 0.274 e. The summed E-state index contributed by atoms with van der Waals surface area (Å²) in [5.41, 5.74) is 3.37. The molecule has 2 N–H and O–H groups in total. The lowest BCUT2D eigenvalue weighted by Crippen LogP contribution is -2.16. The van der Waals surface area contributed by atoms with Crippen LogP contribution in [0, 0.1) is 12.8 Å². The number of benzene rings is 2. The van der Waals surface area contributed by atoms with Gasteiger partial charge in [-0.15, -0.1) is 0 Å². The molecule has 5 aromatic rings. The fraction of sp³-hybridized carbons (Fsp3) is 0.143. The Hall–Kier alpha value is -4.92. The standard InChI is InChI=1S/C28H24N6O3/c1-18-15-24(34(32-18)21-5-3-2-4-6-21)28(36)29-20-9-11-22(12-10-20)37-23-13-14-26-30-25(17-33(26)16-23)31-27(35)19-7-8-19/h2-6,9-17,19H,7-8H2,1H3,(H,29,36)(H,31,35). The molecule has 9 heteroatoms. The number of anilines is 2. The first-order valence-electron chi connectivity index (χ1n) is 12.0. The fourth-order valence-electron chi connectivity index (χ4n) is 4.03. The molecule has 0 aliphatic heterocycles. The summed E-state index contributed by atoms with van der Waals surface area (Å²) in [6.45, 7) is 1.86. The molecule has 184 valence electrons. The van der Waals surface area contributed by atoms with Gasteiger partial charge in [-0.25, -0.2) is 9.67 Å². The van der Waals surface area contributed by atoms with E-state index in [0.29, 0.717) is 34.3 Å². The lowest BCUT2D eigenvalue weighted by Gasteiger charge is -2.10. The lowest BCUT2D eigenvalue weighted by atomic mass is 10.2. The summed E-state index contributed by atoms with van der Waals surface area (Å²) in [5.74, 6) is 1.64. The van der Waals surface area contributed by atoms with Crippen LogP contribution in [-0.2, 0) is 4.79 Å². The highest BCUT2D eigenvalue weighted by molar-refractivity contribution is 6.03. The van der Waals surface area contributed by atoms with E-state index < -0.39 is 0 Å². The minimum Gasteiger partial charge on any atom is -0.456 e.